The van der Waals surface area contributed by atoms with Gasteiger partial charge in [-0.15, -0.1) is 0 Å². The highest BCUT2D eigenvalue weighted by Crippen LogP contribution is 2.53. The number of hydrogen-bond acceptors (Lipinski definition) is 13. The first-order valence-corrected chi connectivity index (χ1v) is 25.1. The average Bonchev–Trinajstić information content (AvgIpc) is 3.78. The van der Waals surface area contributed by atoms with Crippen LogP contribution in [0.1, 0.15) is 106 Å². The van der Waals surface area contributed by atoms with Gasteiger partial charge in [0.1, 0.15) is 23.3 Å². The number of nitrogens with zero attached hydrogens (tertiary/aromatic N) is 4. The van der Waals surface area contributed by atoms with Gasteiger partial charge in [0, 0.05) is 55.1 Å². The fourth-order valence-corrected chi connectivity index (χ4v) is 12.2. The molecule has 5 heterocycles. The minimum atomic E-state index is -4.65. The van der Waals surface area contributed by atoms with E-state index in [1.807, 2.05) is 12.1 Å². The zero-order valence-electron chi connectivity index (χ0n) is 38.2. The van der Waals surface area contributed by atoms with E-state index in [1.54, 1.807) is 31.3 Å². The number of anilines is 2. The van der Waals surface area contributed by atoms with Crippen LogP contribution in [-0.2, 0) is 14.8 Å². The molecule has 4 fully saturated rings. The lowest BCUT2D eigenvalue weighted by Crippen LogP contribution is -2.58. The molecule has 0 bridgehead atoms. The van der Waals surface area contributed by atoms with Gasteiger partial charge in [-0.05, 0) is 117 Å². The number of carbonyl (C=O) groups excluding carboxylic acids is 1. The molecule has 17 heteroatoms. The molecule has 67 heavy (non-hydrogen) atoms. The Hall–Kier alpha value is -5.75. The standard InChI is InChI=1S/C50H59N7O9S/c1-31(2)38-6-4-5-7-39(38)43-30-64-21-20-56(43)35-26-50(27-35)15-18-55(19-16-50)34-8-9-40(44(23-34)65-36-22-33-12-17-51-47(33)53-28-36)48(58)54-67(62,63)37-24-41-46(42(25-37)57(60)61)66-45(29-52-41)32-10-13-49(3,59)14-11-32/h4-9,12,17,22-25,28,31-32,35,43,45,52,59H,10-11,13-16,18-21,26-27,29-30H2,1-3H3,(H,51,53)(H,54,58)/t32-,43-,45+,49-/m0/s1. The number of benzene rings is 3. The quantitative estimate of drug-likeness (QED) is 0.0727. The number of morpholine rings is 1. The molecule has 5 aromatic rings. The second-order valence-electron chi connectivity index (χ2n) is 19.9. The zero-order chi connectivity index (χ0) is 46.7. The number of amides is 1. The lowest BCUT2D eigenvalue weighted by atomic mass is 9.59. The van der Waals surface area contributed by atoms with E-state index in [0.717, 1.165) is 69.1 Å². The third kappa shape index (κ3) is 9.06. The number of fused-ring (bicyclic) bond motifs is 2. The van der Waals surface area contributed by atoms with Crippen molar-refractivity contribution in [1.29, 1.82) is 0 Å². The predicted octanol–water partition coefficient (Wildman–Crippen LogP) is 8.44. The van der Waals surface area contributed by atoms with E-state index in [-0.39, 0.29) is 40.1 Å². The summed E-state index contributed by atoms with van der Waals surface area (Å²) in [6.07, 6.45) is 9.76. The van der Waals surface area contributed by atoms with Gasteiger partial charge in [-0.25, -0.2) is 18.1 Å². The number of piperidine rings is 1. The molecule has 1 spiro atoms. The van der Waals surface area contributed by atoms with E-state index in [4.69, 9.17) is 14.2 Å². The number of aliphatic hydroxyl groups is 1. The van der Waals surface area contributed by atoms with Crippen molar-refractivity contribution in [2.45, 2.75) is 107 Å². The van der Waals surface area contributed by atoms with Crippen LogP contribution < -0.4 is 24.4 Å². The molecule has 2 aromatic heterocycles. The topological polar surface area (TPSA) is 201 Å². The van der Waals surface area contributed by atoms with Crippen LogP contribution in [0.5, 0.6) is 17.2 Å². The molecule has 354 valence electrons. The Morgan fingerprint density at radius 1 is 1.03 bits per heavy atom. The highest BCUT2D eigenvalue weighted by Gasteiger charge is 2.50. The molecule has 10 rings (SSSR count). The molecule has 2 aliphatic carbocycles. The average molecular weight is 934 g/mol. The summed E-state index contributed by atoms with van der Waals surface area (Å²) in [5.41, 5.74) is 3.31. The number of ether oxygens (including phenoxy) is 3. The summed E-state index contributed by atoms with van der Waals surface area (Å²) in [6, 6.07) is 20.5. The molecule has 0 radical (unpaired) electrons. The molecular formula is C50H59N7O9S. The van der Waals surface area contributed by atoms with E-state index in [9.17, 15) is 28.4 Å². The van der Waals surface area contributed by atoms with Crippen molar-refractivity contribution < 1.29 is 37.5 Å². The molecule has 3 aromatic carbocycles. The van der Waals surface area contributed by atoms with Crippen LogP contribution in [0.25, 0.3) is 11.0 Å². The minimum absolute atomic E-state index is 0.0425. The fraction of sp³-hybridized carbons (Fsp3) is 0.480. The molecule has 1 amide bonds. The number of nitro groups is 1. The highest BCUT2D eigenvalue weighted by atomic mass is 32.2. The van der Waals surface area contributed by atoms with Gasteiger partial charge in [0.05, 0.1) is 58.7 Å². The zero-order valence-corrected chi connectivity index (χ0v) is 39.0. The first kappa shape index (κ1) is 45.1. The second-order valence-corrected chi connectivity index (χ2v) is 21.6. The van der Waals surface area contributed by atoms with Crippen molar-refractivity contribution in [3.05, 3.63) is 106 Å². The van der Waals surface area contributed by atoms with Gasteiger partial charge in [-0.3, -0.25) is 19.8 Å². The van der Waals surface area contributed by atoms with Crippen LogP contribution in [0.2, 0.25) is 0 Å². The van der Waals surface area contributed by atoms with Crippen LogP contribution in [0.3, 0.4) is 0 Å². The van der Waals surface area contributed by atoms with E-state index in [0.29, 0.717) is 62.2 Å². The van der Waals surface area contributed by atoms with Gasteiger partial charge >= 0.3 is 5.69 Å². The maximum Gasteiger partial charge on any atom is 0.314 e. The summed E-state index contributed by atoms with van der Waals surface area (Å²) in [5, 5.41) is 26.8. The van der Waals surface area contributed by atoms with Crippen molar-refractivity contribution >= 4 is 44.0 Å². The van der Waals surface area contributed by atoms with Gasteiger partial charge in [0.15, 0.2) is 0 Å². The molecule has 2 atom stereocenters. The Labute approximate surface area is 390 Å². The first-order chi connectivity index (χ1) is 32.1. The number of aromatic amines is 1. The van der Waals surface area contributed by atoms with Gasteiger partial charge in [0.25, 0.3) is 15.9 Å². The SMILES string of the molecule is CC(C)c1ccccc1[C@@H]1COCCN1C1CC2(CCN(c3ccc(C(=O)NS(=O)(=O)c4cc5c(c([N+](=O)[O-])c4)O[C@@H]([C@H]4CC[C@](C)(O)CC4)CN5)c(Oc4cnc5[nH]ccc5c4)c3)CC2)C1. The van der Waals surface area contributed by atoms with Gasteiger partial charge < -0.3 is 34.5 Å². The number of carbonyl (C=O) groups is 1. The number of rotatable bonds is 11. The first-order valence-electron chi connectivity index (χ1n) is 23.6. The minimum Gasteiger partial charge on any atom is -0.480 e. The van der Waals surface area contributed by atoms with E-state index in [2.05, 4.69) is 67.9 Å². The largest absolute Gasteiger partial charge is 0.480 e. The predicted molar refractivity (Wildman–Crippen MR) is 254 cm³/mol. The Kier molecular flexibility index (Phi) is 11.9. The number of nitro benzene ring substituents is 1. The van der Waals surface area contributed by atoms with Crippen molar-refractivity contribution in [2.75, 3.05) is 49.6 Å². The van der Waals surface area contributed by atoms with E-state index < -0.39 is 43.1 Å². The lowest BCUT2D eigenvalue weighted by Gasteiger charge is -2.57. The van der Waals surface area contributed by atoms with Crippen LogP contribution in [0.4, 0.5) is 17.1 Å². The Bertz CT molecular complexity index is 2790. The smallest absolute Gasteiger partial charge is 0.314 e. The molecule has 16 nitrogen and oxygen atoms in total. The Morgan fingerprint density at radius 3 is 2.57 bits per heavy atom. The molecule has 5 aliphatic rings. The third-order valence-electron chi connectivity index (χ3n) is 15.1. The molecule has 0 unspecified atom stereocenters. The summed E-state index contributed by atoms with van der Waals surface area (Å²) >= 11 is 0. The van der Waals surface area contributed by atoms with Crippen molar-refractivity contribution in [1.82, 2.24) is 19.6 Å². The van der Waals surface area contributed by atoms with Gasteiger partial charge in [-0.2, -0.15) is 0 Å². The monoisotopic (exact) mass is 933 g/mol. The Morgan fingerprint density at radius 2 is 1.81 bits per heavy atom. The Balaban J connectivity index is 0.856. The van der Waals surface area contributed by atoms with Crippen molar-refractivity contribution in [2.24, 2.45) is 11.3 Å². The molecule has 4 N–H and O–H groups in total. The van der Waals surface area contributed by atoms with Gasteiger partial charge in [0.2, 0.25) is 5.75 Å². The van der Waals surface area contributed by atoms with E-state index >= 15 is 0 Å². The van der Waals surface area contributed by atoms with Crippen molar-refractivity contribution in [3.63, 3.8) is 0 Å². The molecule has 2 saturated carbocycles. The number of pyridine rings is 1. The summed E-state index contributed by atoms with van der Waals surface area (Å²) in [6.45, 7) is 10.6. The number of H-pyrrole nitrogens is 1. The normalized spacial score (nSPS) is 24.4. The van der Waals surface area contributed by atoms with Crippen LogP contribution in [0.15, 0.2) is 84.0 Å². The van der Waals surface area contributed by atoms with Crippen LogP contribution in [0, 0.1) is 21.4 Å². The van der Waals surface area contributed by atoms with E-state index in [1.165, 1.54) is 23.4 Å². The third-order valence-corrected chi connectivity index (χ3v) is 16.4. The van der Waals surface area contributed by atoms with Crippen LogP contribution in [-0.4, -0.2) is 96.4 Å². The molecule has 3 aliphatic heterocycles. The summed E-state index contributed by atoms with van der Waals surface area (Å²) in [7, 11) is -4.65. The molecule has 2 saturated heterocycles. The number of aromatic nitrogens is 2. The van der Waals surface area contributed by atoms with Crippen molar-refractivity contribution in [3.8, 4) is 17.2 Å². The number of nitrogens with one attached hydrogen (secondary N) is 3. The summed E-state index contributed by atoms with van der Waals surface area (Å²) in [5.74, 6) is -0.0521. The van der Waals surface area contributed by atoms with Crippen LogP contribution >= 0.6 is 0 Å². The molecular weight excluding hydrogens is 875 g/mol. The van der Waals surface area contributed by atoms with Gasteiger partial charge in [-0.1, -0.05) is 38.1 Å². The summed E-state index contributed by atoms with van der Waals surface area (Å²) < 4.78 is 48.7. The maximum atomic E-state index is 14.1. The lowest BCUT2D eigenvalue weighted by molar-refractivity contribution is -0.386. The number of hydrogen-bond donors (Lipinski definition) is 4. The maximum absolute atomic E-state index is 14.1. The fourth-order valence-electron chi connectivity index (χ4n) is 11.2. The highest BCUT2D eigenvalue weighted by molar-refractivity contribution is 7.90. The summed E-state index contributed by atoms with van der Waals surface area (Å²) in [4.78, 5) is 37.8. The number of sulfonamides is 1. The second kappa shape index (κ2) is 17.7.